The van der Waals surface area contributed by atoms with Gasteiger partial charge in [0.05, 0.1) is 0 Å². The van der Waals surface area contributed by atoms with E-state index in [0.29, 0.717) is 5.15 Å². The number of aromatic nitrogens is 3. The largest absolute Gasteiger partial charge is 0.313 e. The average molecular weight is 284 g/mol. The monoisotopic (exact) mass is 283 g/mol. The van der Waals surface area contributed by atoms with Crippen LogP contribution >= 0.6 is 22.9 Å². The van der Waals surface area contributed by atoms with Crippen molar-refractivity contribution in [2.24, 2.45) is 0 Å². The fourth-order valence-electron chi connectivity index (χ4n) is 1.63. The zero-order valence-electron chi connectivity index (χ0n) is 10.1. The van der Waals surface area contributed by atoms with Crippen molar-refractivity contribution in [2.45, 2.75) is 32.6 Å². The highest BCUT2D eigenvalue weighted by Crippen LogP contribution is 2.24. The Labute approximate surface area is 114 Å². The number of halogens is 1. The van der Waals surface area contributed by atoms with Gasteiger partial charge in [-0.2, -0.15) is 0 Å². The number of hydrogen-bond donors (Lipinski definition) is 1. The van der Waals surface area contributed by atoms with E-state index in [9.17, 15) is 4.79 Å². The van der Waals surface area contributed by atoms with E-state index in [2.05, 4.69) is 22.1 Å². The first kappa shape index (κ1) is 13.2. The molecule has 2 aromatic rings. The van der Waals surface area contributed by atoms with Crippen LogP contribution in [0.2, 0.25) is 5.15 Å². The number of aromatic amines is 1. The zero-order chi connectivity index (χ0) is 13.0. The molecular formula is C12H14ClN3OS. The minimum Gasteiger partial charge on any atom is -0.313 e. The van der Waals surface area contributed by atoms with Crippen LogP contribution in [0.25, 0.3) is 10.6 Å². The van der Waals surface area contributed by atoms with Crippen molar-refractivity contribution >= 4 is 22.9 Å². The maximum Gasteiger partial charge on any atom is 0.249 e. The molecule has 0 aliphatic rings. The third-order valence-electron chi connectivity index (χ3n) is 2.52. The van der Waals surface area contributed by atoms with Crippen LogP contribution in [-0.4, -0.2) is 15.2 Å². The predicted molar refractivity (Wildman–Crippen MR) is 74.2 cm³/mol. The molecule has 0 saturated heterocycles. The molecule has 18 heavy (non-hydrogen) atoms. The third-order valence-corrected chi connectivity index (χ3v) is 3.76. The van der Waals surface area contributed by atoms with Crippen molar-refractivity contribution in [2.75, 3.05) is 0 Å². The topological polar surface area (TPSA) is 58.6 Å². The van der Waals surface area contributed by atoms with Crippen molar-refractivity contribution in [3.8, 4) is 10.6 Å². The molecule has 0 radical (unpaired) electrons. The molecule has 0 aromatic carbocycles. The van der Waals surface area contributed by atoms with Gasteiger partial charge in [-0.05, 0) is 12.5 Å². The smallest absolute Gasteiger partial charge is 0.249 e. The van der Waals surface area contributed by atoms with Gasteiger partial charge in [-0.1, -0.05) is 42.7 Å². The number of H-pyrrole nitrogens is 1. The van der Waals surface area contributed by atoms with Gasteiger partial charge in [0.1, 0.15) is 15.2 Å². The number of pyridine rings is 1. The number of unbranched alkanes of at least 4 members (excludes halogenated alkanes) is 2. The van der Waals surface area contributed by atoms with Gasteiger partial charge in [-0.25, -0.2) is 0 Å². The first-order valence-electron chi connectivity index (χ1n) is 5.91. The molecule has 96 valence electrons. The summed E-state index contributed by atoms with van der Waals surface area (Å²) in [5, 5.41) is 10.3. The van der Waals surface area contributed by atoms with Crippen LogP contribution in [0, 0.1) is 0 Å². The summed E-state index contributed by atoms with van der Waals surface area (Å²) in [6.07, 6.45) is 4.46. The van der Waals surface area contributed by atoms with Gasteiger partial charge in [0, 0.05) is 18.1 Å². The van der Waals surface area contributed by atoms with Gasteiger partial charge in [0.15, 0.2) is 0 Å². The van der Waals surface area contributed by atoms with Crippen LogP contribution in [0.5, 0.6) is 0 Å². The number of aryl methyl sites for hydroxylation is 1. The highest BCUT2D eigenvalue weighted by atomic mass is 35.5. The molecule has 0 saturated carbocycles. The van der Waals surface area contributed by atoms with E-state index >= 15 is 0 Å². The van der Waals surface area contributed by atoms with Crippen molar-refractivity contribution in [3.05, 3.63) is 32.6 Å². The number of hydrogen-bond acceptors (Lipinski definition) is 4. The van der Waals surface area contributed by atoms with Crippen molar-refractivity contribution in [1.82, 2.24) is 15.2 Å². The molecular weight excluding hydrogens is 270 g/mol. The molecule has 2 aromatic heterocycles. The van der Waals surface area contributed by atoms with Crippen LogP contribution in [-0.2, 0) is 6.42 Å². The van der Waals surface area contributed by atoms with Gasteiger partial charge in [0.2, 0.25) is 5.56 Å². The summed E-state index contributed by atoms with van der Waals surface area (Å²) in [4.78, 5) is 13.8. The Morgan fingerprint density at radius 1 is 1.33 bits per heavy atom. The Kier molecular flexibility index (Phi) is 4.49. The molecule has 1 N–H and O–H groups in total. The Balaban J connectivity index is 2.16. The van der Waals surface area contributed by atoms with E-state index in [0.717, 1.165) is 28.4 Å². The normalized spacial score (nSPS) is 10.8. The van der Waals surface area contributed by atoms with Crippen LogP contribution < -0.4 is 5.56 Å². The second-order valence-corrected chi connectivity index (χ2v) is 5.51. The van der Waals surface area contributed by atoms with Gasteiger partial charge in [-0.3, -0.25) is 4.79 Å². The van der Waals surface area contributed by atoms with E-state index in [4.69, 9.17) is 11.6 Å². The molecule has 0 unspecified atom stereocenters. The first-order chi connectivity index (χ1) is 8.69. The highest BCUT2D eigenvalue weighted by Gasteiger charge is 2.08. The minimum atomic E-state index is -0.222. The van der Waals surface area contributed by atoms with E-state index in [1.807, 2.05) is 0 Å². The molecule has 0 spiro atoms. The van der Waals surface area contributed by atoms with Crippen LogP contribution in [0.15, 0.2) is 16.9 Å². The van der Waals surface area contributed by atoms with Crippen LogP contribution in [0.1, 0.15) is 31.2 Å². The highest BCUT2D eigenvalue weighted by molar-refractivity contribution is 7.14. The lowest BCUT2D eigenvalue weighted by molar-refractivity contribution is 0.710. The summed E-state index contributed by atoms with van der Waals surface area (Å²) >= 11 is 7.33. The molecule has 2 rings (SSSR count). The second kappa shape index (κ2) is 6.11. The molecule has 0 fully saturated rings. The van der Waals surface area contributed by atoms with E-state index in [-0.39, 0.29) is 5.56 Å². The standard InChI is InChI=1S/C12H14ClN3OS/c1-2-3-4-5-11-15-16-12(18-11)8-6-9(13)14-10(17)7-8/h6-7H,2-5H2,1H3,(H,14,17). The summed E-state index contributed by atoms with van der Waals surface area (Å²) in [6.45, 7) is 2.17. The maximum atomic E-state index is 11.3. The number of nitrogens with zero attached hydrogens (tertiary/aromatic N) is 2. The molecule has 4 nitrogen and oxygen atoms in total. The third kappa shape index (κ3) is 3.40. The number of nitrogens with one attached hydrogen (secondary N) is 1. The fourth-order valence-corrected chi connectivity index (χ4v) is 2.71. The van der Waals surface area contributed by atoms with E-state index in [1.54, 1.807) is 6.07 Å². The lowest BCUT2D eigenvalue weighted by atomic mass is 10.2. The van der Waals surface area contributed by atoms with Gasteiger partial charge in [0.25, 0.3) is 0 Å². The summed E-state index contributed by atoms with van der Waals surface area (Å²) in [6, 6.07) is 3.18. The Bertz CT molecular complexity index is 579. The lowest BCUT2D eigenvalue weighted by Gasteiger charge is -1.95. The van der Waals surface area contributed by atoms with Crippen molar-refractivity contribution < 1.29 is 0 Å². The lowest BCUT2D eigenvalue weighted by Crippen LogP contribution is -2.03. The Morgan fingerprint density at radius 2 is 2.17 bits per heavy atom. The molecule has 0 bridgehead atoms. The predicted octanol–water partition coefficient (Wildman–Crippen LogP) is 3.28. The van der Waals surface area contributed by atoms with Gasteiger partial charge >= 0.3 is 0 Å². The van der Waals surface area contributed by atoms with Crippen LogP contribution in [0.4, 0.5) is 0 Å². The first-order valence-corrected chi connectivity index (χ1v) is 7.11. The van der Waals surface area contributed by atoms with Crippen LogP contribution in [0.3, 0.4) is 0 Å². The van der Waals surface area contributed by atoms with Gasteiger partial charge in [-0.15, -0.1) is 10.2 Å². The van der Waals surface area contributed by atoms with E-state index < -0.39 is 0 Å². The fraction of sp³-hybridized carbons (Fsp3) is 0.417. The SMILES string of the molecule is CCCCCc1nnc(-c2cc(Cl)[nH]c(=O)c2)s1. The molecule has 0 atom stereocenters. The maximum absolute atomic E-state index is 11.3. The Hall–Kier alpha value is -1.20. The summed E-state index contributed by atoms with van der Waals surface area (Å²) < 4.78 is 0. The van der Waals surface area contributed by atoms with Crippen molar-refractivity contribution in [1.29, 1.82) is 0 Å². The molecule has 0 aliphatic carbocycles. The number of rotatable bonds is 5. The molecule has 2 heterocycles. The minimum absolute atomic E-state index is 0.222. The quantitative estimate of drug-likeness (QED) is 0.677. The summed E-state index contributed by atoms with van der Waals surface area (Å²) in [7, 11) is 0. The zero-order valence-corrected chi connectivity index (χ0v) is 11.6. The molecule has 6 heteroatoms. The van der Waals surface area contributed by atoms with E-state index in [1.165, 1.54) is 30.2 Å². The second-order valence-electron chi connectivity index (χ2n) is 4.04. The average Bonchev–Trinajstić information content (AvgIpc) is 2.77. The summed E-state index contributed by atoms with van der Waals surface area (Å²) in [5.74, 6) is 0. The molecule has 0 amide bonds. The molecule has 0 aliphatic heterocycles. The van der Waals surface area contributed by atoms with Crippen molar-refractivity contribution in [3.63, 3.8) is 0 Å². The summed E-state index contributed by atoms with van der Waals surface area (Å²) in [5.41, 5.74) is 0.503. The Morgan fingerprint density at radius 3 is 2.89 bits per heavy atom. The van der Waals surface area contributed by atoms with Gasteiger partial charge < -0.3 is 4.98 Å².